The summed E-state index contributed by atoms with van der Waals surface area (Å²) in [5.74, 6) is 0. The lowest BCUT2D eigenvalue weighted by molar-refractivity contribution is -0.0301. The number of nitrogens with one attached hydrogen (secondary N) is 2. The lowest BCUT2D eigenvalue weighted by atomic mass is 9.96. The fourth-order valence-electron chi connectivity index (χ4n) is 3.76. The van der Waals surface area contributed by atoms with Gasteiger partial charge in [-0.3, -0.25) is 4.90 Å². The van der Waals surface area contributed by atoms with Gasteiger partial charge in [-0.2, -0.15) is 0 Å². The summed E-state index contributed by atoms with van der Waals surface area (Å²) in [5.41, 5.74) is 1.25. The average molecular weight is 345 g/mol. The molecule has 138 valence electrons. The molecular formula is C20H31N3O2. The van der Waals surface area contributed by atoms with Crippen LogP contribution < -0.4 is 10.6 Å². The summed E-state index contributed by atoms with van der Waals surface area (Å²) in [6, 6.07) is 10.8. The predicted octanol–water partition coefficient (Wildman–Crippen LogP) is 3.08. The summed E-state index contributed by atoms with van der Waals surface area (Å²) in [4.78, 5) is 14.4. The minimum atomic E-state index is -0.00367. The van der Waals surface area contributed by atoms with Gasteiger partial charge < -0.3 is 15.4 Å². The van der Waals surface area contributed by atoms with Crippen LogP contribution in [0.25, 0.3) is 0 Å². The molecule has 5 nitrogen and oxygen atoms in total. The molecule has 1 aliphatic carbocycles. The lowest BCUT2D eigenvalue weighted by Crippen LogP contribution is -2.44. The maximum atomic E-state index is 11.9. The largest absolute Gasteiger partial charge is 0.371 e. The van der Waals surface area contributed by atoms with Crippen molar-refractivity contribution >= 4 is 6.03 Å². The topological polar surface area (TPSA) is 53.6 Å². The molecule has 5 heteroatoms. The Balaban J connectivity index is 1.31. The minimum absolute atomic E-state index is 0.00367. The monoisotopic (exact) mass is 345 g/mol. The van der Waals surface area contributed by atoms with E-state index in [1.807, 2.05) is 6.07 Å². The number of amides is 2. The van der Waals surface area contributed by atoms with Crippen molar-refractivity contribution in [2.24, 2.45) is 0 Å². The zero-order chi connectivity index (χ0) is 17.3. The van der Waals surface area contributed by atoms with Gasteiger partial charge in [-0.05, 0) is 24.8 Å². The van der Waals surface area contributed by atoms with Crippen LogP contribution in [-0.2, 0) is 4.74 Å². The van der Waals surface area contributed by atoms with Crippen LogP contribution in [-0.4, -0.2) is 49.8 Å². The van der Waals surface area contributed by atoms with Gasteiger partial charge >= 0.3 is 6.03 Å². The van der Waals surface area contributed by atoms with Gasteiger partial charge in [0.05, 0.1) is 12.7 Å². The van der Waals surface area contributed by atoms with Crippen molar-refractivity contribution in [2.75, 3.05) is 32.8 Å². The van der Waals surface area contributed by atoms with E-state index in [2.05, 4.69) is 39.8 Å². The smallest absolute Gasteiger partial charge is 0.315 e. The average Bonchev–Trinajstić information content (AvgIpc) is 2.67. The highest BCUT2D eigenvalue weighted by molar-refractivity contribution is 5.74. The number of hydrogen-bond donors (Lipinski definition) is 2. The summed E-state index contributed by atoms with van der Waals surface area (Å²) >= 11 is 0. The van der Waals surface area contributed by atoms with Crippen molar-refractivity contribution in [3.63, 3.8) is 0 Å². The van der Waals surface area contributed by atoms with Gasteiger partial charge in [0.15, 0.2) is 0 Å². The molecule has 3 rings (SSSR count). The second-order valence-corrected chi connectivity index (χ2v) is 7.16. The van der Waals surface area contributed by atoms with Gasteiger partial charge in [0.2, 0.25) is 0 Å². The van der Waals surface area contributed by atoms with E-state index in [-0.39, 0.29) is 12.1 Å². The standard InChI is InChI=1S/C20H31N3O2/c24-20(22-18-10-5-2-6-11-18)21-12-7-13-23-14-15-25-19(16-23)17-8-3-1-4-9-17/h1,3-4,8-9,18-19H,2,5-7,10-16H2,(H2,21,22,24)/t19-/m1/s1. The number of rotatable bonds is 6. The maximum Gasteiger partial charge on any atom is 0.315 e. The predicted molar refractivity (Wildman–Crippen MR) is 99.6 cm³/mol. The number of benzene rings is 1. The Hall–Kier alpha value is -1.59. The Bertz CT molecular complexity index is 517. The molecule has 0 unspecified atom stereocenters. The van der Waals surface area contributed by atoms with Crippen molar-refractivity contribution in [3.05, 3.63) is 35.9 Å². The minimum Gasteiger partial charge on any atom is -0.371 e. The summed E-state index contributed by atoms with van der Waals surface area (Å²) < 4.78 is 5.90. The highest BCUT2D eigenvalue weighted by atomic mass is 16.5. The van der Waals surface area contributed by atoms with Crippen molar-refractivity contribution in [1.29, 1.82) is 0 Å². The van der Waals surface area contributed by atoms with Gasteiger partial charge in [-0.25, -0.2) is 4.79 Å². The number of morpholine rings is 1. The Labute approximate surface area is 151 Å². The van der Waals surface area contributed by atoms with Crippen LogP contribution in [0.3, 0.4) is 0 Å². The third-order valence-corrected chi connectivity index (χ3v) is 5.20. The molecule has 0 aromatic heterocycles. The van der Waals surface area contributed by atoms with Crippen molar-refractivity contribution in [1.82, 2.24) is 15.5 Å². The molecule has 1 aromatic carbocycles. The van der Waals surface area contributed by atoms with Gasteiger partial charge in [-0.15, -0.1) is 0 Å². The molecule has 1 atom stereocenters. The fourth-order valence-corrected chi connectivity index (χ4v) is 3.76. The van der Waals surface area contributed by atoms with Crippen LogP contribution >= 0.6 is 0 Å². The van der Waals surface area contributed by atoms with E-state index < -0.39 is 0 Å². The van der Waals surface area contributed by atoms with Crippen molar-refractivity contribution < 1.29 is 9.53 Å². The Kier molecular flexibility index (Phi) is 7.12. The second kappa shape index (κ2) is 9.78. The molecule has 0 radical (unpaired) electrons. The number of carbonyl (C=O) groups excluding carboxylic acids is 1. The second-order valence-electron chi connectivity index (χ2n) is 7.16. The zero-order valence-corrected chi connectivity index (χ0v) is 15.1. The molecule has 2 fully saturated rings. The summed E-state index contributed by atoms with van der Waals surface area (Å²) in [5, 5.41) is 6.11. The van der Waals surface area contributed by atoms with Crippen LogP contribution in [0.5, 0.6) is 0 Å². The molecule has 25 heavy (non-hydrogen) atoms. The Morgan fingerprint density at radius 1 is 1.16 bits per heavy atom. The lowest BCUT2D eigenvalue weighted by Gasteiger charge is -2.33. The number of hydrogen-bond acceptors (Lipinski definition) is 3. The molecule has 1 aromatic rings. The van der Waals surface area contributed by atoms with E-state index in [1.165, 1.54) is 24.8 Å². The first-order valence-electron chi connectivity index (χ1n) is 9.74. The molecule has 1 saturated heterocycles. The normalized spacial score (nSPS) is 22.5. The summed E-state index contributed by atoms with van der Waals surface area (Å²) in [6.07, 6.45) is 7.18. The van der Waals surface area contributed by atoms with Crippen LogP contribution in [0.15, 0.2) is 30.3 Å². The molecular weight excluding hydrogens is 314 g/mol. The van der Waals surface area contributed by atoms with E-state index in [0.717, 1.165) is 52.0 Å². The fraction of sp³-hybridized carbons (Fsp3) is 0.650. The van der Waals surface area contributed by atoms with E-state index in [4.69, 9.17) is 4.74 Å². The quantitative estimate of drug-likeness (QED) is 0.779. The molecule has 2 N–H and O–H groups in total. The third kappa shape index (κ3) is 6.01. The Morgan fingerprint density at radius 3 is 2.76 bits per heavy atom. The van der Waals surface area contributed by atoms with Gasteiger partial charge in [0.1, 0.15) is 0 Å². The first-order chi connectivity index (χ1) is 12.3. The van der Waals surface area contributed by atoms with Crippen LogP contribution in [0.2, 0.25) is 0 Å². The third-order valence-electron chi connectivity index (χ3n) is 5.20. The van der Waals surface area contributed by atoms with Crippen molar-refractivity contribution in [2.45, 2.75) is 50.7 Å². The van der Waals surface area contributed by atoms with E-state index in [1.54, 1.807) is 0 Å². The van der Waals surface area contributed by atoms with Gasteiger partial charge in [0.25, 0.3) is 0 Å². The highest BCUT2D eigenvalue weighted by Gasteiger charge is 2.21. The van der Waals surface area contributed by atoms with Crippen LogP contribution in [0.1, 0.15) is 50.2 Å². The number of urea groups is 1. The van der Waals surface area contributed by atoms with Crippen LogP contribution in [0.4, 0.5) is 4.79 Å². The van der Waals surface area contributed by atoms with Gasteiger partial charge in [-0.1, -0.05) is 49.6 Å². The van der Waals surface area contributed by atoms with Gasteiger partial charge in [0, 0.05) is 32.2 Å². The number of nitrogens with zero attached hydrogens (tertiary/aromatic N) is 1. The van der Waals surface area contributed by atoms with E-state index in [9.17, 15) is 4.79 Å². The number of carbonyl (C=O) groups is 1. The molecule has 1 aliphatic heterocycles. The zero-order valence-electron chi connectivity index (χ0n) is 15.1. The highest BCUT2D eigenvalue weighted by Crippen LogP contribution is 2.21. The molecule has 1 heterocycles. The maximum absolute atomic E-state index is 11.9. The summed E-state index contributed by atoms with van der Waals surface area (Å²) in [7, 11) is 0. The number of ether oxygens (including phenoxy) is 1. The molecule has 2 aliphatic rings. The summed E-state index contributed by atoms with van der Waals surface area (Å²) in [6.45, 7) is 4.40. The molecule has 0 spiro atoms. The molecule has 2 amide bonds. The van der Waals surface area contributed by atoms with E-state index >= 15 is 0 Å². The SMILES string of the molecule is O=C(NCCCN1CCO[C@@H](c2ccccc2)C1)NC1CCCCC1. The first-order valence-corrected chi connectivity index (χ1v) is 9.74. The Morgan fingerprint density at radius 2 is 1.96 bits per heavy atom. The van der Waals surface area contributed by atoms with E-state index in [0.29, 0.717) is 6.04 Å². The van der Waals surface area contributed by atoms with Crippen LogP contribution in [0, 0.1) is 0 Å². The van der Waals surface area contributed by atoms with Crippen molar-refractivity contribution in [3.8, 4) is 0 Å². The molecule has 0 bridgehead atoms. The molecule has 1 saturated carbocycles. The first kappa shape index (κ1) is 18.2.